The number of aromatic nitrogens is 3. The smallest absolute Gasteiger partial charge is 0.128 e. The van der Waals surface area contributed by atoms with Crippen LogP contribution < -0.4 is 0 Å². The highest BCUT2D eigenvalue weighted by Crippen LogP contribution is 2.30. The first-order valence-electron chi connectivity index (χ1n) is 9.30. The molecule has 0 radical (unpaired) electrons. The number of fused-ring (bicyclic) bond motifs is 1. The lowest BCUT2D eigenvalue weighted by molar-refractivity contribution is 0.245. The van der Waals surface area contributed by atoms with Crippen LogP contribution in [0.15, 0.2) is 36.5 Å². The van der Waals surface area contributed by atoms with Gasteiger partial charge < -0.3 is 0 Å². The summed E-state index contributed by atoms with van der Waals surface area (Å²) in [6, 6.07) is 10.5. The summed E-state index contributed by atoms with van der Waals surface area (Å²) in [4.78, 5) is 17.9. The van der Waals surface area contributed by atoms with Gasteiger partial charge in [0.25, 0.3) is 0 Å². The fourth-order valence-corrected chi connectivity index (χ4v) is 4.50. The lowest BCUT2D eigenvalue weighted by Crippen LogP contribution is -2.31. The molecule has 0 atom stereocenters. The zero-order chi connectivity index (χ0) is 17.9. The molecule has 0 spiro atoms. The van der Waals surface area contributed by atoms with Crippen LogP contribution >= 0.6 is 11.3 Å². The Labute approximate surface area is 159 Å². The first-order valence-corrected chi connectivity index (χ1v) is 10.1. The Hall–Kier alpha value is -2.11. The third-order valence-corrected chi connectivity index (χ3v) is 5.71. The second-order valence-electron chi connectivity index (χ2n) is 6.84. The van der Waals surface area contributed by atoms with Gasteiger partial charge in [0.15, 0.2) is 0 Å². The predicted octanol–water partition coefficient (Wildman–Crippen LogP) is 4.42. The molecule has 5 heteroatoms. The van der Waals surface area contributed by atoms with Crippen molar-refractivity contribution in [1.82, 2.24) is 19.9 Å². The van der Waals surface area contributed by atoms with E-state index in [-0.39, 0.29) is 0 Å². The topological polar surface area (TPSA) is 41.9 Å². The van der Waals surface area contributed by atoms with Gasteiger partial charge in [0.2, 0.25) is 0 Å². The summed E-state index contributed by atoms with van der Waals surface area (Å²) in [5.74, 6) is 0.990. The molecule has 1 aliphatic rings. The molecule has 1 aliphatic heterocycles. The molecule has 0 fully saturated rings. The molecule has 134 valence electrons. The number of hydrogen-bond donors (Lipinski definition) is 0. The SMILES string of the molecule is CCCc1ncc2c(n1)CCN(Cc1sc(C)nc1-c1ccccc1)C2. The largest absolute Gasteiger partial charge is 0.293 e. The first kappa shape index (κ1) is 17.3. The third kappa shape index (κ3) is 3.69. The summed E-state index contributed by atoms with van der Waals surface area (Å²) in [6.45, 7) is 7.17. The Bertz CT molecular complexity index is 888. The van der Waals surface area contributed by atoms with Crippen LogP contribution in [0.25, 0.3) is 11.3 Å². The van der Waals surface area contributed by atoms with Gasteiger partial charge in [-0.1, -0.05) is 37.3 Å². The number of benzene rings is 1. The molecule has 4 rings (SSSR count). The van der Waals surface area contributed by atoms with E-state index >= 15 is 0 Å². The van der Waals surface area contributed by atoms with E-state index in [0.29, 0.717) is 0 Å². The quantitative estimate of drug-likeness (QED) is 0.672. The minimum Gasteiger partial charge on any atom is -0.293 e. The molecule has 26 heavy (non-hydrogen) atoms. The number of nitrogens with zero attached hydrogens (tertiary/aromatic N) is 4. The van der Waals surface area contributed by atoms with Crippen molar-refractivity contribution in [2.24, 2.45) is 0 Å². The second-order valence-corrected chi connectivity index (χ2v) is 8.13. The third-order valence-electron chi connectivity index (χ3n) is 4.76. The molecule has 0 aliphatic carbocycles. The van der Waals surface area contributed by atoms with Gasteiger partial charge in [0.1, 0.15) is 5.82 Å². The molecule has 3 aromatic rings. The Morgan fingerprint density at radius 1 is 1.15 bits per heavy atom. The number of thiazole rings is 1. The van der Waals surface area contributed by atoms with Crippen molar-refractivity contribution in [2.75, 3.05) is 6.54 Å². The summed E-state index contributed by atoms with van der Waals surface area (Å²) >= 11 is 1.81. The van der Waals surface area contributed by atoms with Crippen LogP contribution in [0.4, 0.5) is 0 Å². The van der Waals surface area contributed by atoms with Crippen molar-refractivity contribution >= 4 is 11.3 Å². The molecule has 0 amide bonds. The number of aryl methyl sites for hydroxylation is 2. The van der Waals surface area contributed by atoms with Gasteiger partial charge in [-0.25, -0.2) is 15.0 Å². The number of rotatable bonds is 5. The van der Waals surface area contributed by atoms with Crippen LogP contribution in [0.2, 0.25) is 0 Å². The van der Waals surface area contributed by atoms with Crippen LogP contribution in [0, 0.1) is 6.92 Å². The van der Waals surface area contributed by atoms with Crippen LogP contribution in [-0.2, 0) is 25.9 Å². The standard InChI is InChI=1S/C21H24N4S/c1-3-7-20-22-12-17-13-25(11-10-18(17)24-20)14-19-21(23-15(2)26-19)16-8-5-4-6-9-16/h4-6,8-9,12H,3,7,10-11,13-14H2,1-2H3. The highest BCUT2D eigenvalue weighted by atomic mass is 32.1. The summed E-state index contributed by atoms with van der Waals surface area (Å²) in [7, 11) is 0. The van der Waals surface area contributed by atoms with E-state index in [4.69, 9.17) is 9.97 Å². The number of hydrogen-bond acceptors (Lipinski definition) is 5. The summed E-state index contributed by atoms with van der Waals surface area (Å²) < 4.78 is 0. The summed E-state index contributed by atoms with van der Waals surface area (Å²) in [5, 5.41) is 1.13. The fraction of sp³-hybridized carbons (Fsp3) is 0.381. The van der Waals surface area contributed by atoms with E-state index in [2.05, 4.69) is 54.1 Å². The Morgan fingerprint density at radius 2 is 2.00 bits per heavy atom. The molecule has 2 aromatic heterocycles. The molecule has 0 N–H and O–H groups in total. The Morgan fingerprint density at radius 3 is 2.81 bits per heavy atom. The highest BCUT2D eigenvalue weighted by Gasteiger charge is 2.21. The molecule has 1 aromatic carbocycles. The van der Waals surface area contributed by atoms with Gasteiger partial charge in [0.05, 0.1) is 10.7 Å². The van der Waals surface area contributed by atoms with Crippen LogP contribution in [-0.4, -0.2) is 26.4 Å². The lowest BCUT2D eigenvalue weighted by Gasteiger charge is -2.27. The van der Waals surface area contributed by atoms with Gasteiger partial charge in [-0.15, -0.1) is 11.3 Å². The predicted molar refractivity (Wildman–Crippen MR) is 106 cm³/mol. The Kier molecular flexibility index (Phi) is 5.09. The van der Waals surface area contributed by atoms with E-state index in [9.17, 15) is 0 Å². The average Bonchev–Trinajstić information content (AvgIpc) is 3.03. The van der Waals surface area contributed by atoms with Gasteiger partial charge in [-0.05, 0) is 13.3 Å². The van der Waals surface area contributed by atoms with Crippen molar-refractivity contribution < 1.29 is 0 Å². The van der Waals surface area contributed by atoms with Crippen molar-refractivity contribution in [1.29, 1.82) is 0 Å². The van der Waals surface area contributed by atoms with E-state index in [0.717, 1.165) is 55.4 Å². The maximum atomic E-state index is 4.79. The molecule has 4 nitrogen and oxygen atoms in total. The van der Waals surface area contributed by atoms with Gasteiger partial charge in [-0.3, -0.25) is 4.90 Å². The normalized spacial score (nSPS) is 14.4. The van der Waals surface area contributed by atoms with Crippen molar-refractivity contribution in [3.05, 3.63) is 63.5 Å². The maximum Gasteiger partial charge on any atom is 0.128 e. The highest BCUT2D eigenvalue weighted by molar-refractivity contribution is 7.12. The van der Waals surface area contributed by atoms with Crippen molar-refractivity contribution in [3.63, 3.8) is 0 Å². The van der Waals surface area contributed by atoms with Crippen LogP contribution in [0.1, 0.15) is 40.3 Å². The van der Waals surface area contributed by atoms with Crippen LogP contribution in [0.3, 0.4) is 0 Å². The summed E-state index contributed by atoms with van der Waals surface area (Å²) in [5.41, 5.74) is 4.85. The zero-order valence-corrected chi connectivity index (χ0v) is 16.2. The van der Waals surface area contributed by atoms with Gasteiger partial charge >= 0.3 is 0 Å². The second kappa shape index (κ2) is 7.64. The minimum atomic E-state index is 0.924. The van der Waals surface area contributed by atoms with E-state index in [1.54, 1.807) is 0 Å². The average molecular weight is 365 g/mol. The van der Waals surface area contributed by atoms with Gasteiger partial charge in [0, 0.05) is 60.4 Å². The molecule has 0 saturated carbocycles. The molecular weight excluding hydrogens is 340 g/mol. The molecule has 0 saturated heterocycles. The van der Waals surface area contributed by atoms with Gasteiger partial charge in [-0.2, -0.15) is 0 Å². The van der Waals surface area contributed by atoms with E-state index in [1.165, 1.54) is 21.7 Å². The zero-order valence-electron chi connectivity index (χ0n) is 15.4. The van der Waals surface area contributed by atoms with Crippen molar-refractivity contribution in [2.45, 2.75) is 46.2 Å². The monoisotopic (exact) mass is 364 g/mol. The molecular formula is C21H24N4S. The molecule has 3 heterocycles. The molecule has 0 bridgehead atoms. The van der Waals surface area contributed by atoms with E-state index < -0.39 is 0 Å². The fourth-order valence-electron chi connectivity index (χ4n) is 3.50. The molecule has 0 unspecified atom stereocenters. The minimum absolute atomic E-state index is 0.924. The Balaban J connectivity index is 1.53. The van der Waals surface area contributed by atoms with Crippen molar-refractivity contribution in [3.8, 4) is 11.3 Å². The van der Waals surface area contributed by atoms with E-state index in [1.807, 2.05) is 17.5 Å². The maximum absolute atomic E-state index is 4.79. The lowest BCUT2D eigenvalue weighted by atomic mass is 10.1. The summed E-state index contributed by atoms with van der Waals surface area (Å²) in [6.07, 6.45) is 5.11. The van der Waals surface area contributed by atoms with Crippen LogP contribution in [0.5, 0.6) is 0 Å². The first-order chi connectivity index (χ1) is 12.7.